The molecule has 3 heteroatoms. The highest BCUT2D eigenvalue weighted by Crippen LogP contribution is 2.30. The molecule has 0 aliphatic heterocycles. The van der Waals surface area contributed by atoms with Crippen molar-refractivity contribution >= 4 is 6.29 Å². The van der Waals surface area contributed by atoms with Gasteiger partial charge in [0.15, 0.2) is 0 Å². The topological polar surface area (TPSA) is 40.2 Å². The van der Waals surface area contributed by atoms with Crippen molar-refractivity contribution in [2.75, 3.05) is 0 Å². The number of hydrogen-bond donors (Lipinski definition) is 0. The molecule has 0 aliphatic carbocycles. The van der Waals surface area contributed by atoms with Crippen LogP contribution in [0, 0.1) is 0 Å². The van der Waals surface area contributed by atoms with Crippen LogP contribution >= 0.6 is 0 Å². The molecule has 1 unspecified atom stereocenters. The third-order valence-electron chi connectivity index (χ3n) is 3.72. The molecule has 1 atom stereocenters. The monoisotopic (exact) mass is 296 g/mol. The average molecular weight is 296 g/mol. The van der Waals surface area contributed by atoms with Crippen LogP contribution in [0.2, 0.25) is 0 Å². The molecule has 2 aromatic rings. The maximum atomic E-state index is 12.8. The summed E-state index contributed by atoms with van der Waals surface area (Å²) < 4.78 is 0. The van der Waals surface area contributed by atoms with Crippen molar-refractivity contribution in [1.29, 1.82) is 0 Å². The Hall–Kier alpha value is -1.97. The smallest absolute Gasteiger partial charge is 0.150 e. The van der Waals surface area contributed by atoms with Crippen LogP contribution < -0.4 is 0 Å². The van der Waals surface area contributed by atoms with Gasteiger partial charge >= 0.3 is 0 Å². The van der Waals surface area contributed by atoms with E-state index in [-0.39, 0.29) is 6.04 Å². The van der Waals surface area contributed by atoms with E-state index in [9.17, 15) is 10.0 Å². The molecule has 0 saturated carbocycles. The molecule has 115 valence electrons. The van der Waals surface area contributed by atoms with Gasteiger partial charge < -0.3 is 0 Å². The Morgan fingerprint density at radius 2 is 1.59 bits per heavy atom. The highest BCUT2D eigenvalue weighted by atomic mass is 16.5. The van der Waals surface area contributed by atoms with Crippen molar-refractivity contribution in [3.05, 3.63) is 71.3 Å². The van der Waals surface area contributed by atoms with Crippen LogP contribution in [0.4, 0.5) is 0 Å². The summed E-state index contributed by atoms with van der Waals surface area (Å²) in [4.78, 5) is 11.2. The summed E-state index contributed by atoms with van der Waals surface area (Å²) in [6, 6.07) is 16.9. The van der Waals surface area contributed by atoms with Crippen molar-refractivity contribution in [2.24, 2.45) is 0 Å². The zero-order valence-electron chi connectivity index (χ0n) is 13.3. The van der Waals surface area contributed by atoms with E-state index < -0.39 is 5.54 Å². The predicted molar refractivity (Wildman–Crippen MR) is 87.0 cm³/mol. The molecule has 0 N–H and O–H groups in total. The lowest BCUT2D eigenvalue weighted by Crippen LogP contribution is -2.41. The van der Waals surface area contributed by atoms with E-state index in [0.29, 0.717) is 12.0 Å². The number of hydroxylamine groups is 2. The fraction of sp³-hybridized carbons (Fsp3) is 0.316. The minimum absolute atomic E-state index is 0.317. The van der Waals surface area contributed by atoms with E-state index in [1.165, 1.54) is 0 Å². The molecule has 0 aliphatic rings. The SMILES string of the molecule is CC(C)(C)N([O])C(Cc1ccccc1C=O)c1ccccc1. The Morgan fingerprint density at radius 3 is 2.18 bits per heavy atom. The van der Waals surface area contributed by atoms with Crippen molar-refractivity contribution in [3.63, 3.8) is 0 Å². The lowest BCUT2D eigenvalue weighted by Gasteiger charge is -2.34. The van der Waals surface area contributed by atoms with Gasteiger partial charge in [0.2, 0.25) is 0 Å². The van der Waals surface area contributed by atoms with Gasteiger partial charge in [0.05, 0.1) is 6.04 Å². The summed E-state index contributed by atoms with van der Waals surface area (Å²) in [6.45, 7) is 5.71. The first kappa shape index (κ1) is 16.4. The van der Waals surface area contributed by atoms with Gasteiger partial charge in [0.25, 0.3) is 0 Å². The molecule has 22 heavy (non-hydrogen) atoms. The molecule has 0 bridgehead atoms. The second kappa shape index (κ2) is 6.86. The summed E-state index contributed by atoms with van der Waals surface area (Å²) in [7, 11) is 0. The number of benzene rings is 2. The van der Waals surface area contributed by atoms with Crippen molar-refractivity contribution < 1.29 is 10.0 Å². The summed E-state index contributed by atoms with van der Waals surface area (Å²) >= 11 is 0. The molecule has 0 amide bonds. The predicted octanol–water partition coefficient (Wildman–Crippen LogP) is 4.23. The zero-order chi connectivity index (χ0) is 16.2. The van der Waals surface area contributed by atoms with Gasteiger partial charge in [-0.2, -0.15) is 0 Å². The summed E-state index contributed by atoms with van der Waals surface area (Å²) in [5.74, 6) is 0. The lowest BCUT2D eigenvalue weighted by atomic mass is 9.93. The van der Waals surface area contributed by atoms with Crippen LogP contribution in [0.1, 0.15) is 48.3 Å². The highest BCUT2D eigenvalue weighted by molar-refractivity contribution is 5.77. The van der Waals surface area contributed by atoms with Crippen molar-refractivity contribution in [1.82, 2.24) is 5.06 Å². The second-order valence-electron chi connectivity index (χ2n) is 6.44. The molecule has 3 nitrogen and oxygen atoms in total. The Bertz CT molecular complexity index is 617. The Morgan fingerprint density at radius 1 is 1.00 bits per heavy atom. The van der Waals surface area contributed by atoms with Crippen LogP contribution in [0.3, 0.4) is 0 Å². The molecule has 0 aromatic heterocycles. The van der Waals surface area contributed by atoms with Gasteiger partial charge in [-0.25, -0.2) is 0 Å². The standard InChI is InChI=1S/C19H22NO2/c1-19(2,3)20(22)18(15-9-5-4-6-10-15)13-16-11-7-8-12-17(16)14-21/h4-12,14,18H,13H2,1-3H3. The molecule has 2 aromatic carbocycles. The molecule has 0 heterocycles. The maximum absolute atomic E-state index is 12.8. The van der Waals surface area contributed by atoms with Crippen LogP contribution in [-0.2, 0) is 11.6 Å². The van der Waals surface area contributed by atoms with E-state index in [4.69, 9.17) is 0 Å². The summed E-state index contributed by atoms with van der Waals surface area (Å²) in [5.41, 5.74) is 2.01. The third kappa shape index (κ3) is 3.81. The van der Waals surface area contributed by atoms with E-state index in [2.05, 4.69) is 0 Å². The molecular formula is C19H22NO2. The number of aldehydes is 1. The van der Waals surface area contributed by atoms with Gasteiger partial charge in [-0.15, -0.1) is 10.3 Å². The third-order valence-corrected chi connectivity index (χ3v) is 3.72. The van der Waals surface area contributed by atoms with Gasteiger partial charge in [-0.3, -0.25) is 4.79 Å². The number of rotatable bonds is 5. The molecule has 1 radical (unpaired) electrons. The number of carbonyl (C=O) groups is 1. The van der Waals surface area contributed by atoms with E-state index in [1.807, 2.05) is 69.3 Å². The van der Waals surface area contributed by atoms with Crippen molar-refractivity contribution in [3.8, 4) is 0 Å². The van der Waals surface area contributed by atoms with Gasteiger partial charge in [-0.05, 0) is 38.3 Å². The number of carbonyl (C=O) groups excluding carboxylic acids is 1. The molecule has 2 rings (SSSR count). The lowest BCUT2D eigenvalue weighted by molar-refractivity contribution is -0.241. The van der Waals surface area contributed by atoms with Crippen LogP contribution in [0.5, 0.6) is 0 Å². The summed E-state index contributed by atoms with van der Waals surface area (Å²) in [6.07, 6.45) is 1.36. The maximum Gasteiger partial charge on any atom is 0.150 e. The number of nitrogens with zero attached hydrogens (tertiary/aromatic N) is 1. The quantitative estimate of drug-likeness (QED) is 0.612. The molecule has 0 fully saturated rings. The first-order chi connectivity index (χ1) is 10.4. The van der Waals surface area contributed by atoms with Crippen LogP contribution in [0.25, 0.3) is 0 Å². The molecule has 0 saturated heterocycles. The van der Waals surface area contributed by atoms with E-state index >= 15 is 0 Å². The zero-order valence-corrected chi connectivity index (χ0v) is 13.3. The largest absolute Gasteiger partial charge is 0.298 e. The Kier molecular flexibility index (Phi) is 5.11. The minimum Gasteiger partial charge on any atom is -0.298 e. The van der Waals surface area contributed by atoms with Gasteiger partial charge in [0, 0.05) is 11.1 Å². The minimum atomic E-state index is -0.503. The molecular weight excluding hydrogens is 274 g/mol. The van der Waals surface area contributed by atoms with Crippen LogP contribution in [-0.4, -0.2) is 16.9 Å². The second-order valence-corrected chi connectivity index (χ2v) is 6.44. The Balaban J connectivity index is 2.39. The first-order valence-electron chi connectivity index (χ1n) is 7.48. The average Bonchev–Trinajstić information content (AvgIpc) is 2.52. The van der Waals surface area contributed by atoms with E-state index in [0.717, 1.165) is 22.5 Å². The molecule has 0 spiro atoms. The normalized spacial score (nSPS) is 13.1. The van der Waals surface area contributed by atoms with Crippen LogP contribution in [0.15, 0.2) is 54.6 Å². The fourth-order valence-corrected chi connectivity index (χ4v) is 2.52. The first-order valence-corrected chi connectivity index (χ1v) is 7.48. The van der Waals surface area contributed by atoms with Gasteiger partial charge in [-0.1, -0.05) is 54.6 Å². The van der Waals surface area contributed by atoms with Gasteiger partial charge in [0.1, 0.15) is 6.29 Å². The Labute approximate surface area is 132 Å². The fourth-order valence-electron chi connectivity index (χ4n) is 2.52. The number of hydrogen-bond acceptors (Lipinski definition) is 2. The van der Waals surface area contributed by atoms with Crippen molar-refractivity contribution in [2.45, 2.75) is 38.8 Å². The highest BCUT2D eigenvalue weighted by Gasteiger charge is 2.30. The summed E-state index contributed by atoms with van der Waals surface area (Å²) in [5, 5.41) is 13.9. The van der Waals surface area contributed by atoms with E-state index in [1.54, 1.807) is 6.07 Å².